The third kappa shape index (κ3) is 4.83. The summed E-state index contributed by atoms with van der Waals surface area (Å²) in [6.45, 7) is 2.69. The first-order valence-electron chi connectivity index (χ1n) is 7.14. The van der Waals surface area contributed by atoms with Crippen molar-refractivity contribution in [1.29, 1.82) is 0 Å². The standard InChI is InChI=1S/C15H20Cl2N2O3/c1-21-9-14(20)19-8-11-7-18-4-5-22-15(11)10-2-3-12(16)13(17)6-10/h2-3,6,11,15,18H,4-5,7-9H2,1H3,(H,19,20). The highest BCUT2D eigenvalue weighted by molar-refractivity contribution is 6.42. The Morgan fingerprint density at radius 2 is 2.27 bits per heavy atom. The van der Waals surface area contributed by atoms with Crippen LogP contribution in [0.25, 0.3) is 0 Å². The first kappa shape index (κ1) is 17.5. The van der Waals surface area contributed by atoms with Crippen molar-refractivity contribution in [2.75, 3.05) is 40.0 Å². The van der Waals surface area contributed by atoms with Crippen LogP contribution in [0, 0.1) is 5.92 Å². The van der Waals surface area contributed by atoms with E-state index in [-0.39, 0.29) is 24.5 Å². The van der Waals surface area contributed by atoms with Crippen molar-refractivity contribution in [2.24, 2.45) is 5.92 Å². The molecule has 1 aliphatic rings. The molecule has 22 heavy (non-hydrogen) atoms. The Kier molecular flexibility index (Phi) is 6.92. The fourth-order valence-electron chi connectivity index (χ4n) is 2.45. The molecule has 1 amide bonds. The van der Waals surface area contributed by atoms with Crippen LogP contribution in [0.1, 0.15) is 11.7 Å². The number of hydrogen-bond acceptors (Lipinski definition) is 4. The van der Waals surface area contributed by atoms with Crippen LogP contribution in [-0.4, -0.2) is 45.9 Å². The molecule has 0 radical (unpaired) electrons. The van der Waals surface area contributed by atoms with Crippen LogP contribution >= 0.6 is 23.2 Å². The van der Waals surface area contributed by atoms with Crippen molar-refractivity contribution in [3.05, 3.63) is 33.8 Å². The van der Waals surface area contributed by atoms with E-state index in [9.17, 15) is 4.79 Å². The summed E-state index contributed by atoms with van der Waals surface area (Å²) in [4.78, 5) is 11.6. The lowest BCUT2D eigenvalue weighted by atomic mass is 9.95. The predicted molar refractivity (Wildman–Crippen MR) is 86.4 cm³/mol. The SMILES string of the molecule is COCC(=O)NCC1CNCCOC1c1ccc(Cl)c(Cl)c1. The molecule has 2 rings (SSSR count). The van der Waals surface area contributed by atoms with E-state index in [4.69, 9.17) is 32.7 Å². The Hall–Kier alpha value is -0.850. The fourth-order valence-corrected chi connectivity index (χ4v) is 2.76. The van der Waals surface area contributed by atoms with Gasteiger partial charge in [0.05, 0.1) is 22.8 Å². The van der Waals surface area contributed by atoms with Gasteiger partial charge in [0.2, 0.25) is 5.91 Å². The van der Waals surface area contributed by atoms with E-state index >= 15 is 0 Å². The molecular formula is C15H20Cl2N2O3. The number of amides is 1. The van der Waals surface area contributed by atoms with Crippen LogP contribution < -0.4 is 10.6 Å². The minimum absolute atomic E-state index is 0.0540. The number of halogens is 2. The van der Waals surface area contributed by atoms with E-state index in [1.807, 2.05) is 12.1 Å². The summed E-state index contributed by atoms with van der Waals surface area (Å²) in [5.74, 6) is -0.0415. The molecule has 2 N–H and O–H groups in total. The van der Waals surface area contributed by atoms with Gasteiger partial charge in [-0.1, -0.05) is 29.3 Å². The van der Waals surface area contributed by atoms with Gasteiger partial charge in [0, 0.05) is 32.7 Å². The molecule has 0 aromatic heterocycles. The zero-order chi connectivity index (χ0) is 15.9. The topological polar surface area (TPSA) is 59.6 Å². The molecule has 2 unspecified atom stereocenters. The molecule has 122 valence electrons. The minimum atomic E-state index is -0.146. The van der Waals surface area contributed by atoms with Crippen molar-refractivity contribution >= 4 is 29.1 Å². The first-order chi connectivity index (χ1) is 10.6. The van der Waals surface area contributed by atoms with E-state index in [2.05, 4.69) is 10.6 Å². The van der Waals surface area contributed by atoms with Crippen molar-refractivity contribution in [3.63, 3.8) is 0 Å². The van der Waals surface area contributed by atoms with Gasteiger partial charge in [-0.15, -0.1) is 0 Å². The molecule has 0 bridgehead atoms. The maximum atomic E-state index is 11.6. The van der Waals surface area contributed by atoms with E-state index in [1.54, 1.807) is 6.07 Å². The maximum absolute atomic E-state index is 11.6. The Labute approximate surface area is 140 Å². The van der Waals surface area contributed by atoms with E-state index < -0.39 is 0 Å². The summed E-state index contributed by atoms with van der Waals surface area (Å²) < 4.78 is 10.8. The molecule has 1 aliphatic heterocycles. The second-order valence-corrected chi connectivity index (χ2v) is 5.98. The van der Waals surface area contributed by atoms with Gasteiger partial charge in [-0.05, 0) is 17.7 Å². The average molecular weight is 347 g/mol. The third-order valence-electron chi connectivity index (χ3n) is 3.52. The second kappa shape index (κ2) is 8.70. The molecule has 1 saturated heterocycles. The third-order valence-corrected chi connectivity index (χ3v) is 4.26. The van der Waals surface area contributed by atoms with Gasteiger partial charge in [-0.2, -0.15) is 0 Å². The van der Waals surface area contributed by atoms with Gasteiger partial charge < -0.3 is 20.1 Å². The number of benzene rings is 1. The van der Waals surface area contributed by atoms with Gasteiger partial charge >= 0.3 is 0 Å². The van der Waals surface area contributed by atoms with Crippen molar-refractivity contribution in [3.8, 4) is 0 Å². The number of ether oxygens (including phenoxy) is 2. The van der Waals surface area contributed by atoms with Crippen LogP contribution in [0.3, 0.4) is 0 Å². The minimum Gasteiger partial charge on any atom is -0.375 e. The van der Waals surface area contributed by atoms with E-state index in [0.29, 0.717) is 23.2 Å². The van der Waals surface area contributed by atoms with Gasteiger partial charge in [-0.25, -0.2) is 0 Å². The molecule has 1 heterocycles. The van der Waals surface area contributed by atoms with Gasteiger partial charge in [0.1, 0.15) is 6.61 Å². The predicted octanol–water partition coefficient (Wildman–Crippen LogP) is 2.03. The summed E-state index contributed by atoms with van der Waals surface area (Å²) in [5, 5.41) is 7.19. The molecule has 1 fully saturated rings. The lowest BCUT2D eigenvalue weighted by molar-refractivity contribution is -0.125. The first-order valence-corrected chi connectivity index (χ1v) is 7.90. The quantitative estimate of drug-likeness (QED) is 0.856. The maximum Gasteiger partial charge on any atom is 0.245 e. The molecule has 0 aliphatic carbocycles. The number of hydrogen-bond donors (Lipinski definition) is 2. The molecule has 2 atom stereocenters. The Balaban J connectivity index is 2.09. The van der Waals surface area contributed by atoms with Gasteiger partial charge in [0.25, 0.3) is 0 Å². The highest BCUT2D eigenvalue weighted by atomic mass is 35.5. The summed E-state index contributed by atoms with van der Waals surface area (Å²) in [5.41, 5.74) is 0.962. The Morgan fingerprint density at radius 3 is 3.00 bits per heavy atom. The van der Waals surface area contributed by atoms with Crippen LogP contribution in [0.2, 0.25) is 10.0 Å². The van der Waals surface area contributed by atoms with Crippen LogP contribution in [0.5, 0.6) is 0 Å². The van der Waals surface area contributed by atoms with Gasteiger partial charge in [-0.3, -0.25) is 4.79 Å². The number of nitrogens with one attached hydrogen (secondary N) is 2. The molecule has 1 aromatic rings. The highest BCUT2D eigenvalue weighted by Gasteiger charge is 2.27. The molecular weight excluding hydrogens is 327 g/mol. The Morgan fingerprint density at radius 1 is 1.45 bits per heavy atom. The summed E-state index contributed by atoms with van der Waals surface area (Å²) in [7, 11) is 1.49. The largest absolute Gasteiger partial charge is 0.375 e. The van der Waals surface area contributed by atoms with E-state index in [1.165, 1.54) is 7.11 Å². The smallest absolute Gasteiger partial charge is 0.245 e. The number of methoxy groups -OCH3 is 1. The molecule has 0 saturated carbocycles. The average Bonchev–Trinajstić information content (AvgIpc) is 2.74. The monoisotopic (exact) mass is 346 g/mol. The van der Waals surface area contributed by atoms with Crippen LogP contribution in [0.15, 0.2) is 18.2 Å². The summed E-state index contributed by atoms with van der Waals surface area (Å²) >= 11 is 12.1. The number of carbonyl (C=O) groups excluding carboxylic acids is 1. The molecule has 5 nitrogen and oxygen atoms in total. The highest BCUT2D eigenvalue weighted by Crippen LogP contribution is 2.31. The van der Waals surface area contributed by atoms with Crippen LogP contribution in [0.4, 0.5) is 0 Å². The van der Waals surface area contributed by atoms with E-state index in [0.717, 1.165) is 18.7 Å². The fraction of sp³-hybridized carbons (Fsp3) is 0.533. The van der Waals surface area contributed by atoms with Crippen molar-refractivity contribution in [1.82, 2.24) is 10.6 Å². The summed E-state index contributed by atoms with van der Waals surface area (Å²) in [6.07, 6.45) is -0.146. The zero-order valence-electron chi connectivity index (χ0n) is 12.4. The molecule has 0 spiro atoms. The summed E-state index contributed by atoms with van der Waals surface area (Å²) in [6, 6.07) is 5.50. The zero-order valence-corrected chi connectivity index (χ0v) is 13.9. The van der Waals surface area contributed by atoms with Gasteiger partial charge in [0.15, 0.2) is 0 Å². The number of rotatable bonds is 5. The van der Waals surface area contributed by atoms with Crippen LogP contribution in [-0.2, 0) is 14.3 Å². The van der Waals surface area contributed by atoms with Crippen molar-refractivity contribution in [2.45, 2.75) is 6.10 Å². The number of carbonyl (C=O) groups is 1. The molecule has 1 aromatic carbocycles. The molecule has 7 heteroatoms. The lowest BCUT2D eigenvalue weighted by Crippen LogP contribution is -2.37. The van der Waals surface area contributed by atoms with Crippen molar-refractivity contribution < 1.29 is 14.3 Å². The lowest BCUT2D eigenvalue weighted by Gasteiger charge is -2.25. The second-order valence-electron chi connectivity index (χ2n) is 5.17. The normalized spacial score (nSPS) is 22.1. The Bertz CT molecular complexity index is 514.